The highest BCUT2D eigenvalue weighted by molar-refractivity contribution is 5.84. The molecule has 0 spiro atoms. The van der Waals surface area contributed by atoms with Gasteiger partial charge in [-0.1, -0.05) is 119 Å². The van der Waals surface area contributed by atoms with Crippen molar-refractivity contribution in [2.75, 3.05) is 39.3 Å². The Bertz CT molecular complexity index is 1780. The lowest BCUT2D eigenvalue weighted by atomic mass is 9.87. The quantitative estimate of drug-likeness (QED) is 0.181. The molecule has 8 heteroatoms. The third-order valence-electron chi connectivity index (χ3n) is 12.6. The summed E-state index contributed by atoms with van der Waals surface area (Å²) in [6.07, 6.45) is 1.29. The molecule has 0 radical (unpaired) electrons. The minimum Gasteiger partial charge on any atom is -0.337 e. The van der Waals surface area contributed by atoms with Gasteiger partial charge in [-0.25, -0.2) is 8.78 Å². The second-order valence-corrected chi connectivity index (χ2v) is 16.7. The predicted octanol–water partition coefficient (Wildman–Crippen LogP) is 8.46. The third-order valence-corrected chi connectivity index (χ3v) is 12.6. The van der Waals surface area contributed by atoms with Crippen molar-refractivity contribution in [1.82, 2.24) is 19.6 Å². The van der Waals surface area contributed by atoms with E-state index in [0.29, 0.717) is 26.2 Å². The summed E-state index contributed by atoms with van der Waals surface area (Å²) in [5, 5.41) is 0. The normalized spacial score (nSPS) is 26.0. The smallest absolute Gasteiger partial charge is 0.240 e. The number of alkyl halides is 2. The summed E-state index contributed by atoms with van der Waals surface area (Å²) in [5.41, 5.74) is 9.30. The zero-order chi connectivity index (χ0) is 39.3. The van der Waals surface area contributed by atoms with E-state index in [1.54, 1.807) is 0 Å². The van der Waals surface area contributed by atoms with Gasteiger partial charge in [0.1, 0.15) is 12.3 Å². The molecular weight excluding hydrogens is 703 g/mol. The molecule has 0 unspecified atom stereocenters. The molecule has 0 aromatic heterocycles. The number of aryl methyl sites for hydroxylation is 4. The number of piperidine rings is 2. The van der Waals surface area contributed by atoms with Gasteiger partial charge in [-0.3, -0.25) is 19.4 Å². The minimum atomic E-state index is -0.921. The van der Waals surface area contributed by atoms with Crippen molar-refractivity contribution in [2.24, 2.45) is 0 Å². The van der Waals surface area contributed by atoms with E-state index in [1.165, 1.54) is 22.3 Å². The summed E-state index contributed by atoms with van der Waals surface area (Å²) in [5.74, 6) is 0.192. The van der Waals surface area contributed by atoms with Crippen LogP contribution in [0.15, 0.2) is 97.1 Å². The van der Waals surface area contributed by atoms with Crippen LogP contribution < -0.4 is 0 Å². The van der Waals surface area contributed by atoms with E-state index in [0.717, 1.165) is 74.1 Å². The van der Waals surface area contributed by atoms with Crippen LogP contribution in [0.25, 0.3) is 0 Å². The van der Waals surface area contributed by atoms with Gasteiger partial charge in [-0.15, -0.1) is 0 Å². The largest absolute Gasteiger partial charge is 0.337 e. The first-order valence-corrected chi connectivity index (χ1v) is 20.6. The van der Waals surface area contributed by atoms with Gasteiger partial charge in [0.25, 0.3) is 0 Å². The topological polar surface area (TPSA) is 47.1 Å². The fourth-order valence-electron chi connectivity index (χ4n) is 9.07. The maximum atomic E-state index is 15.0. The Balaban J connectivity index is 0.000000172. The number of rotatable bonds is 8. The summed E-state index contributed by atoms with van der Waals surface area (Å²) >= 11 is 0. The lowest BCUT2D eigenvalue weighted by molar-refractivity contribution is -0.134. The monoisotopic (exact) mass is 760 g/mol. The lowest BCUT2D eigenvalue weighted by Crippen LogP contribution is -2.49. The van der Waals surface area contributed by atoms with E-state index in [9.17, 15) is 18.4 Å². The zero-order valence-electron chi connectivity index (χ0n) is 33.5. The Morgan fingerprint density at radius 3 is 1.11 bits per heavy atom. The maximum Gasteiger partial charge on any atom is 0.240 e. The van der Waals surface area contributed by atoms with E-state index in [1.807, 2.05) is 47.9 Å². The second-order valence-electron chi connectivity index (χ2n) is 16.7. The zero-order valence-corrected chi connectivity index (χ0v) is 33.5. The first kappa shape index (κ1) is 39.8. The molecule has 56 heavy (non-hydrogen) atoms. The average Bonchev–Trinajstić information content (AvgIpc) is 3.75. The molecule has 2 amide bonds. The van der Waals surface area contributed by atoms with Crippen LogP contribution in [0.4, 0.5) is 8.78 Å². The summed E-state index contributed by atoms with van der Waals surface area (Å²) in [4.78, 5) is 33.9. The van der Waals surface area contributed by atoms with Gasteiger partial charge in [0, 0.05) is 51.1 Å². The predicted molar refractivity (Wildman–Crippen MR) is 220 cm³/mol. The number of carbonyl (C=O) groups excluding carboxylic acids is 2. The number of nitrogens with zero attached hydrogens (tertiary/aromatic N) is 4. The number of benzene rings is 4. The van der Waals surface area contributed by atoms with Crippen molar-refractivity contribution in [3.05, 3.63) is 142 Å². The SMILES string of the molecule is Cc1ccc(CN2CC[C@@H](N3CC[C@@H](c4ccc(C)cc4)[C@H](F)C3)C2=O)cc1.Cc1ccc(CN2CC[C@H](N3CC[C@@H](c4ccc(C)cc4)[C@H](F)C3)C2=O)cc1. The number of likely N-dealkylation sites (tertiary alicyclic amines) is 4. The second kappa shape index (κ2) is 17.8. The van der Waals surface area contributed by atoms with E-state index in [-0.39, 0.29) is 35.7 Å². The van der Waals surface area contributed by atoms with Crippen LogP contribution >= 0.6 is 0 Å². The van der Waals surface area contributed by atoms with Gasteiger partial charge >= 0.3 is 0 Å². The fourth-order valence-corrected chi connectivity index (χ4v) is 9.07. The molecule has 0 bridgehead atoms. The number of hydrogen-bond donors (Lipinski definition) is 0. The Morgan fingerprint density at radius 2 is 0.786 bits per heavy atom. The van der Waals surface area contributed by atoms with Crippen LogP contribution in [0.5, 0.6) is 0 Å². The Hall–Kier alpha value is -4.40. The van der Waals surface area contributed by atoms with Crippen molar-refractivity contribution in [3.8, 4) is 0 Å². The summed E-state index contributed by atoms with van der Waals surface area (Å²) in [7, 11) is 0. The highest BCUT2D eigenvalue weighted by atomic mass is 19.1. The number of hydrogen-bond acceptors (Lipinski definition) is 4. The lowest BCUT2D eigenvalue weighted by Gasteiger charge is -2.37. The summed E-state index contributed by atoms with van der Waals surface area (Å²) in [6, 6.07) is 32.7. The minimum absolute atomic E-state index is 0.0583. The van der Waals surface area contributed by atoms with Crippen LogP contribution in [0.1, 0.15) is 82.0 Å². The summed E-state index contributed by atoms with van der Waals surface area (Å²) < 4.78 is 30.0. The first-order chi connectivity index (χ1) is 27.0. The third kappa shape index (κ3) is 9.41. The molecule has 4 aliphatic heterocycles. The van der Waals surface area contributed by atoms with Crippen LogP contribution in [0, 0.1) is 27.7 Å². The molecule has 4 aromatic rings. The Morgan fingerprint density at radius 1 is 0.464 bits per heavy atom. The molecule has 0 aliphatic carbocycles. The molecule has 0 saturated carbocycles. The molecule has 4 heterocycles. The number of amides is 2. The average molecular weight is 761 g/mol. The van der Waals surface area contributed by atoms with Gasteiger partial charge in [-0.05, 0) is 88.7 Å². The highest BCUT2D eigenvalue weighted by Gasteiger charge is 2.42. The molecule has 0 N–H and O–H groups in total. The van der Waals surface area contributed by atoms with Crippen LogP contribution in [0.3, 0.4) is 0 Å². The summed E-state index contributed by atoms with van der Waals surface area (Å²) in [6.45, 7) is 13.3. The van der Waals surface area contributed by atoms with E-state index in [4.69, 9.17) is 0 Å². The van der Waals surface area contributed by atoms with E-state index >= 15 is 0 Å². The molecule has 4 fully saturated rings. The van der Waals surface area contributed by atoms with Crippen LogP contribution in [-0.4, -0.2) is 95.1 Å². The number of carbonyl (C=O) groups is 2. The van der Waals surface area contributed by atoms with E-state index in [2.05, 4.69) is 96.4 Å². The Labute approximate surface area is 332 Å². The van der Waals surface area contributed by atoms with Crippen molar-refractivity contribution < 1.29 is 18.4 Å². The van der Waals surface area contributed by atoms with Gasteiger partial charge in [-0.2, -0.15) is 0 Å². The van der Waals surface area contributed by atoms with Gasteiger partial charge in [0.15, 0.2) is 0 Å². The van der Waals surface area contributed by atoms with Crippen molar-refractivity contribution in [1.29, 1.82) is 0 Å². The van der Waals surface area contributed by atoms with Crippen molar-refractivity contribution in [3.63, 3.8) is 0 Å². The van der Waals surface area contributed by atoms with Crippen LogP contribution in [0.2, 0.25) is 0 Å². The first-order valence-electron chi connectivity index (χ1n) is 20.6. The molecular formula is C48H58F2N4O2. The van der Waals surface area contributed by atoms with Crippen molar-refractivity contribution in [2.45, 2.75) is 103 Å². The molecule has 4 aromatic carbocycles. The molecule has 296 valence electrons. The standard InChI is InChI=1S/2C24H29FN2O/c2*1-17-3-7-19(8-4-17)15-27-14-12-23(24(27)28)26-13-11-21(22(25)16-26)20-9-5-18(2)6-10-20/h2*3-10,21-23H,11-16H2,1-2H3/t21-,22+,23+;21-,22+,23-/m00/s1. The van der Waals surface area contributed by atoms with Crippen molar-refractivity contribution >= 4 is 11.8 Å². The maximum absolute atomic E-state index is 15.0. The number of halogens is 2. The van der Waals surface area contributed by atoms with Gasteiger partial charge in [0.2, 0.25) is 11.8 Å². The molecule has 4 saturated heterocycles. The van der Waals surface area contributed by atoms with E-state index < -0.39 is 12.3 Å². The fraction of sp³-hybridized carbons (Fsp3) is 0.458. The van der Waals surface area contributed by atoms with Gasteiger partial charge in [0.05, 0.1) is 12.1 Å². The molecule has 8 rings (SSSR count). The van der Waals surface area contributed by atoms with Gasteiger partial charge < -0.3 is 9.80 Å². The molecule has 6 atom stereocenters. The molecule has 6 nitrogen and oxygen atoms in total. The molecule has 4 aliphatic rings. The van der Waals surface area contributed by atoms with Crippen LogP contribution in [-0.2, 0) is 22.7 Å². The highest BCUT2D eigenvalue weighted by Crippen LogP contribution is 2.35. The Kier molecular flexibility index (Phi) is 12.7.